The highest BCUT2D eigenvalue weighted by atomic mass is 31.2. The Morgan fingerprint density at radius 3 is 2.06 bits per heavy atom. The van der Waals surface area contributed by atoms with E-state index in [1.165, 1.54) is 0 Å². The second kappa shape index (κ2) is 10.6. The van der Waals surface area contributed by atoms with E-state index in [-0.39, 0.29) is 41.5 Å². The van der Waals surface area contributed by atoms with E-state index in [1.807, 2.05) is 44.2 Å². The molecule has 4 aliphatic rings. The topological polar surface area (TPSA) is 81.7 Å². The minimum atomic E-state index is -3.36. The van der Waals surface area contributed by atoms with Crippen molar-refractivity contribution in [3.8, 4) is 0 Å². The summed E-state index contributed by atoms with van der Waals surface area (Å²) in [5.41, 5.74) is 1.06. The molecule has 0 amide bonds. The van der Waals surface area contributed by atoms with Crippen molar-refractivity contribution in [2.45, 2.75) is 96.4 Å². The molecule has 3 aliphatic heterocycles. The maximum atomic E-state index is 13.6. The Kier molecular flexibility index (Phi) is 8.33. The highest BCUT2D eigenvalue weighted by molar-refractivity contribution is 7.53. The van der Waals surface area contributed by atoms with Crippen molar-refractivity contribution in [3.05, 3.63) is 35.9 Å². The fourth-order valence-corrected chi connectivity index (χ4v) is 8.14. The van der Waals surface area contributed by atoms with Crippen molar-refractivity contribution in [1.29, 1.82) is 0 Å². The molecule has 0 aromatic heterocycles. The summed E-state index contributed by atoms with van der Waals surface area (Å²) in [5, 5.41) is -0.0000112. The Morgan fingerprint density at radius 2 is 1.49 bits per heavy atom. The van der Waals surface area contributed by atoms with Crippen molar-refractivity contribution < 1.29 is 37.0 Å². The maximum absolute atomic E-state index is 13.6. The van der Waals surface area contributed by atoms with Gasteiger partial charge < -0.3 is 32.4 Å². The Morgan fingerprint density at radius 1 is 0.914 bits per heavy atom. The van der Waals surface area contributed by atoms with E-state index < -0.39 is 28.5 Å². The molecule has 7 atom stereocenters. The van der Waals surface area contributed by atoms with Crippen LogP contribution in [0.1, 0.15) is 40.2 Å². The van der Waals surface area contributed by atoms with Gasteiger partial charge in [-0.15, -0.1) is 0 Å². The smallest absolute Gasteiger partial charge is 0.331 e. The summed E-state index contributed by atoms with van der Waals surface area (Å²) in [7, 11) is -5.55. The van der Waals surface area contributed by atoms with Crippen molar-refractivity contribution in [2.75, 3.05) is 19.4 Å². The van der Waals surface area contributed by atoms with Gasteiger partial charge in [0.05, 0.1) is 38.2 Å². The number of hydrogen-bond acceptors (Lipinski definition) is 8. The Hall–Kier alpha value is -0.613. The largest absolute Gasteiger partial charge is 0.408 e. The van der Waals surface area contributed by atoms with E-state index in [2.05, 4.69) is 33.9 Å². The van der Waals surface area contributed by atoms with Gasteiger partial charge in [-0.2, -0.15) is 0 Å². The van der Waals surface area contributed by atoms with Crippen LogP contribution in [0, 0.1) is 5.92 Å². The predicted molar refractivity (Wildman–Crippen MR) is 135 cm³/mol. The Bertz CT molecular complexity index is 881. The molecule has 5 rings (SSSR count). The zero-order valence-electron chi connectivity index (χ0n) is 22.0. The Balaban J connectivity index is 1.65. The molecule has 1 saturated carbocycles. The van der Waals surface area contributed by atoms with Crippen LogP contribution in [0.25, 0.3) is 0 Å². The van der Waals surface area contributed by atoms with Crippen molar-refractivity contribution in [1.82, 2.24) is 0 Å². The summed E-state index contributed by atoms with van der Waals surface area (Å²) in [6, 6.07) is 10.0. The lowest BCUT2D eigenvalue weighted by atomic mass is 9.77. The molecular formula is C25H41O8PSi. The average molecular weight is 529 g/mol. The van der Waals surface area contributed by atoms with E-state index in [0.29, 0.717) is 19.8 Å². The van der Waals surface area contributed by atoms with Crippen LogP contribution in [-0.4, -0.2) is 64.7 Å². The van der Waals surface area contributed by atoms with Gasteiger partial charge in [0.2, 0.25) is 0 Å². The molecule has 0 spiro atoms. The lowest BCUT2D eigenvalue weighted by molar-refractivity contribution is -0.477. The third-order valence-electron chi connectivity index (χ3n) is 7.55. The minimum absolute atomic E-state index is 0.0000112. The van der Waals surface area contributed by atoms with Gasteiger partial charge in [0.15, 0.2) is 8.32 Å². The standard InChI is InChI=1S/C25H41O8PSi/c1-8-28-34(26,29-9-2)16-18-19-21(27-15-17-13-11-10-12-14-17)22-23(20(18)31-24(30-19)32-22)33-35(6,7)25(3,4)5/h10-14,18-24H,8-9,15-16H2,1-7H3/t18-,19+,20-,21-,22+,23-,24?/m0/s1. The summed E-state index contributed by atoms with van der Waals surface area (Å²) in [4.78, 5) is 0. The van der Waals surface area contributed by atoms with Gasteiger partial charge in [-0.3, -0.25) is 4.57 Å². The molecule has 3 saturated heterocycles. The normalized spacial score (nSPS) is 32.8. The van der Waals surface area contributed by atoms with Crippen LogP contribution in [0.2, 0.25) is 18.1 Å². The summed E-state index contributed by atoms with van der Waals surface area (Å²) in [5.74, 6) is -0.286. The van der Waals surface area contributed by atoms with Crippen LogP contribution in [0.5, 0.6) is 0 Å². The third kappa shape index (κ3) is 5.79. The van der Waals surface area contributed by atoms with E-state index in [9.17, 15) is 4.57 Å². The van der Waals surface area contributed by atoms with Crippen molar-refractivity contribution >= 4 is 15.9 Å². The highest BCUT2D eigenvalue weighted by Gasteiger charge is 2.65. The summed E-state index contributed by atoms with van der Waals surface area (Å²) < 4.78 is 56.7. The third-order valence-corrected chi connectivity index (χ3v) is 14.2. The fraction of sp³-hybridized carbons (Fsp3) is 0.760. The SMILES string of the molecule is CCOP(=O)(C[C@H]1[C@H]2OC3O[C@H]([C@H]2OCc2ccccc2)[C@@H](O[Si](C)(C)C(C)(C)C)[C@H]1O3)OCC. The lowest BCUT2D eigenvalue weighted by Crippen LogP contribution is -2.75. The number of rotatable bonds is 11. The van der Waals surface area contributed by atoms with Gasteiger partial charge in [0, 0.05) is 5.92 Å². The van der Waals surface area contributed by atoms with Crippen LogP contribution in [0.15, 0.2) is 30.3 Å². The first-order valence-electron chi connectivity index (χ1n) is 12.7. The monoisotopic (exact) mass is 528 g/mol. The zero-order chi connectivity index (χ0) is 25.4. The molecule has 4 fully saturated rings. The van der Waals surface area contributed by atoms with Crippen LogP contribution >= 0.6 is 7.60 Å². The molecule has 35 heavy (non-hydrogen) atoms. The Labute approximate surface area is 210 Å². The second-order valence-electron chi connectivity index (χ2n) is 11.0. The molecule has 10 heteroatoms. The molecule has 0 radical (unpaired) electrons. The van der Waals surface area contributed by atoms with E-state index in [1.54, 1.807) is 0 Å². The molecule has 3 heterocycles. The average Bonchev–Trinajstić information content (AvgIpc) is 2.78. The number of hydrogen-bond donors (Lipinski definition) is 0. The van der Waals surface area contributed by atoms with Gasteiger partial charge in [0.25, 0.3) is 6.48 Å². The van der Waals surface area contributed by atoms with E-state index in [0.717, 1.165) is 5.56 Å². The van der Waals surface area contributed by atoms with Crippen LogP contribution < -0.4 is 0 Å². The van der Waals surface area contributed by atoms with Gasteiger partial charge in [-0.1, -0.05) is 51.1 Å². The van der Waals surface area contributed by atoms with Gasteiger partial charge in [0.1, 0.15) is 18.3 Å². The summed E-state index contributed by atoms with van der Waals surface area (Å²) in [6.07, 6.45) is -1.65. The van der Waals surface area contributed by atoms with Gasteiger partial charge in [-0.05, 0) is 37.5 Å². The molecule has 1 aromatic carbocycles. The molecule has 8 nitrogen and oxygen atoms in total. The quantitative estimate of drug-likeness (QED) is 0.282. The fourth-order valence-electron chi connectivity index (χ4n) is 4.84. The van der Waals surface area contributed by atoms with Gasteiger partial charge >= 0.3 is 7.60 Å². The molecule has 4 bridgehead atoms. The van der Waals surface area contributed by atoms with Gasteiger partial charge in [-0.25, -0.2) is 0 Å². The number of ether oxygens (including phenoxy) is 4. The first-order valence-corrected chi connectivity index (χ1v) is 17.3. The van der Waals surface area contributed by atoms with Crippen molar-refractivity contribution in [3.63, 3.8) is 0 Å². The zero-order valence-corrected chi connectivity index (χ0v) is 23.9. The van der Waals surface area contributed by atoms with Crippen LogP contribution in [0.4, 0.5) is 0 Å². The summed E-state index contributed by atoms with van der Waals surface area (Å²) in [6.45, 7) is 14.9. The first-order chi connectivity index (χ1) is 16.5. The lowest BCUT2D eigenvalue weighted by Gasteiger charge is -2.60. The highest BCUT2D eigenvalue weighted by Crippen LogP contribution is 2.56. The van der Waals surface area contributed by atoms with Crippen LogP contribution in [-0.2, 0) is 43.6 Å². The minimum Gasteiger partial charge on any atom is -0.408 e. The molecular weight excluding hydrogens is 487 g/mol. The summed E-state index contributed by atoms with van der Waals surface area (Å²) >= 11 is 0. The molecule has 1 unspecified atom stereocenters. The van der Waals surface area contributed by atoms with Crippen LogP contribution in [0.3, 0.4) is 0 Å². The molecule has 198 valence electrons. The first kappa shape index (κ1) is 27.4. The predicted octanol–water partition coefficient (Wildman–Crippen LogP) is 5.32. The van der Waals surface area contributed by atoms with Crippen molar-refractivity contribution in [2.24, 2.45) is 5.92 Å². The molecule has 1 aromatic rings. The second-order valence-corrected chi connectivity index (χ2v) is 17.8. The maximum Gasteiger partial charge on any atom is 0.331 e. The molecule has 1 aliphatic carbocycles. The number of benzene rings is 1. The molecule has 0 N–H and O–H groups in total. The van der Waals surface area contributed by atoms with E-state index in [4.69, 9.17) is 32.4 Å². The van der Waals surface area contributed by atoms with E-state index >= 15 is 0 Å².